The van der Waals surface area contributed by atoms with Crippen LogP contribution in [0.15, 0.2) is 24.3 Å². The lowest BCUT2D eigenvalue weighted by Crippen LogP contribution is -2.30. The van der Waals surface area contributed by atoms with Gasteiger partial charge in [0.25, 0.3) is 0 Å². The summed E-state index contributed by atoms with van der Waals surface area (Å²) in [5, 5.41) is 3.49. The molecule has 0 bridgehead atoms. The van der Waals surface area contributed by atoms with Gasteiger partial charge in [-0.25, -0.2) is 0 Å². The molecule has 16 heavy (non-hydrogen) atoms. The first-order chi connectivity index (χ1) is 7.80. The Morgan fingerprint density at radius 2 is 1.81 bits per heavy atom. The van der Waals surface area contributed by atoms with Crippen LogP contribution in [0.1, 0.15) is 32.8 Å². The second kappa shape index (κ2) is 7.29. The minimum Gasteiger partial charge on any atom is -0.494 e. The van der Waals surface area contributed by atoms with Crippen LogP contribution in [0, 0.1) is 0 Å². The first kappa shape index (κ1) is 13.0. The zero-order chi connectivity index (χ0) is 11.8. The first-order valence-electron chi connectivity index (χ1n) is 6.25. The van der Waals surface area contributed by atoms with E-state index in [0.717, 1.165) is 25.3 Å². The van der Waals surface area contributed by atoms with E-state index in [4.69, 9.17) is 4.74 Å². The van der Waals surface area contributed by atoms with Gasteiger partial charge in [-0.1, -0.05) is 26.0 Å². The van der Waals surface area contributed by atoms with Crippen LogP contribution in [0.4, 0.5) is 0 Å². The van der Waals surface area contributed by atoms with Gasteiger partial charge in [-0.05, 0) is 44.0 Å². The SMILES string of the molecule is CCNC(CC)Cc1ccc(OCC)cc1. The highest BCUT2D eigenvalue weighted by Crippen LogP contribution is 2.14. The minimum atomic E-state index is 0.586. The van der Waals surface area contributed by atoms with E-state index in [0.29, 0.717) is 6.04 Å². The Bertz CT molecular complexity index is 281. The van der Waals surface area contributed by atoms with Gasteiger partial charge in [-0.2, -0.15) is 0 Å². The lowest BCUT2D eigenvalue weighted by molar-refractivity contribution is 0.340. The molecule has 0 saturated carbocycles. The number of hydrogen-bond acceptors (Lipinski definition) is 2. The van der Waals surface area contributed by atoms with Crippen LogP contribution >= 0.6 is 0 Å². The molecule has 0 aliphatic rings. The maximum absolute atomic E-state index is 5.42. The Balaban J connectivity index is 2.53. The van der Waals surface area contributed by atoms with Gasteiger partial charge in [0.2, 0.25) is 0 Å². The normalized spacial score (nSPS) is 12.4. The molecular weight excluding hydrogens is 198 g/mol. The van der Waals surface area contributed by atoms with Crippen LogP contribution in [-0.2, 0) is 6.42 Å². The number of ether oxygens (including phenoxy) is 1. The van der Waals surface area contributed by atoms with E-state index in [1.807, 2.05) is 6.92 Å². The van der Waals surface area contributed by atoms with Crippen LogP contribution in [-0.4, -0.2) is 19.2 Å². The average Bonchev–Trinajstić information content (AvgIpc) is 2.31. The molecule has 0 fully saturated rings. The molecule has 0 aliphatic heterocycles. The van der Waals surface area contributed by atoms with Crippen LogP contribution in [0.25, 0.3) is 0 Å². The van der Waals surface area contributed by atoms with E-state index >= 15 is 0 Å². The number of likely N-dealkylation sites (N-methyl/N-ethyl adjacent to an activating group) is 1. The topological polar surface area (TPSA) is 21.3 Å². The highest BCUT2D eigenvalue weighted by molar-refractivity contribution is 5.27. The second-order valence-corrected chi connectivity index (χ2v) is 3.94. The van der Waals surface area contributed by atoms with Gasteiger partial charge in [0, 0.05) is 6.04 Å². The summed E-state index contributed by atoms with van der Waals surface area (Å²) in [6.45, 7) is 8.15. The van der Waals surface area contributed by atoms with Gasteiger partial charge in [0.1, 0.15) is 5.75 Å². The molecule has 0 spiro atoms. The fraction of sp³-hybridized carbons (Fsp3) is 0.571. The molecule has 1 aromatic carbocycles. The summed E-state index contributed by atoms with van der Waals surface area (Å²) in [6, 6.07) is 9.01. The molecule has 0 radical (unpaired) electrons. The maximum Gasteiger partial charge on any atom is 0.119 e. The standard InChI is InChI=1S/C14H23NO/c1-4-13(15-5-2)11-12-7-9-14(10-8-12)16-6-3/h7-10,13,15H,4-6,11H2,1-3H3. The molecule has 1 rings (SSSR count). The zero-order valence-corrected chi connectivity index (χ0v) is 10.6. The van der Waals surface area contributed by atoms with Crippen molar-refractivity contribution in [3.8, 4) is 5.75 Å². The fourth-order valence-electron chi connectivity index (χ4n) is 1.82. The first-order valence-corrected chi connectivity index (χ1v) is 6.25. The van der Waals surface area contributed by atoms with Crippen molar-refractivity contribution in [2.45, 2.75) is 39.7 Å². The highest BCUT2D eigenvalue weighted by atomic mass is 16.5. The Kier molecular flexibility index (Phi) is 5.94. The van der Waals surface area contributed by atoms with Gasteiger partial charge >= 0.3 is 0 Å². The monoisotopic (exact) mass is 221 g/mol. The van der Waals surface area contributed by atoms with Crippen LogP contribution in [0.2, 0.25) is 0 Å². The lowest BCUT2D eigenvalue weighted by atomic mass is 10.0. The van der Waals surface area contributed by atoms with E-state index in [1.165, 1.54) is 12.0 Å². The van der Waals surface area contributed by atoms with Gasteiger partial charge < -0.3 is 10.1 Å². The van der Waals surface area contributed by atoms with Crippen molar-refractivity contribution in [3.05, 3.63) is 29.8 Å². The average molecular weight is 221 g/mol. The van der Waals surface area contributed by atoms with Crippen molar-refractivity contribution in [1.82, 2.24) is 5.32 Å². The third-order valence-electron chi connectivity index (χ3n) is 2.70. The molecule has 2 nitrogen and oxygen atoms in total. The van der Waals surface area contributed by atoms with E-state index in [9.17, 15) is 0 Å². The van der Waals surface area contributed by atoms with Crippen molar-refractivity contribution in [3.63, 3.8) is 0 Å². The number of benzene rings is 1. The summed E-state index contributed by atoms with van der Waals surface area (Å²) in [4.78, 5) is 0. The summed E-state index contributed by atoms with van der Waals surface area (Å²) in [5.74, 6) is 0.961. The van der Waals surface area contributed by atoms with E-state index in [1.54, 1.807) is 0 Å². The molecule has 0 amide bonds. The molecule has 0 saturated heterocycles. The maximum atomic E-state index is 5.42. The Hall–Kier alpha value is -1.02. The predicted octanol–water partition coefficient (Wildman–Crippen LogP) is 3.02. The van der Waals surface area contributed by atoms with Crippen molar-refractivity contribution in [2.24, 2.45) is 0 Å². The quantitative estimate of drug-likeness (QED) is 0.764. The molecule has 0 heterocycles. The largest absolute Gasteiger partial charge is 0.494 e. The van der Waals surface area contributed by atoms with E-state index in [-0.39, 0.29) is 0 Å². The number of nitrogens with one attached hydrogen (secondary N) is 1. The van der Waals surface area contributed by atoms with Gasteiger partial charge in [-0.3, -0.25) is 0 Å². The molecule has 1 aromatic rings. The number of rotatable bonds is 7. The molecule has 0 aliphatic carbocycles. The minimum absolute atomic E-state index is 0.586. The zero-order valence-electron chi connectivity index (χ0n) is 10.6. The summed E-state index contributed by atoms with van der Waals surface area (Å²) in [6.07, 6.45) is 2.26. The summed E-state index contributed by atoms with van der Waals surface area (Å²) < 4.78 is 5.42. The smallest absolute Gasteiger partial charge is 0.119 e. The van der Waals surface area contributed by atoms with Crippen LogP contribution in [0.5, 0.6) is 5.75 Å². The van der Waals surface area contributed by atoms with Gasteiger partial charge in [0.15, 0.2) is 0 Å². The van der Waals surface area contributed by atoms with E-state index in [2.05, 4.69) is 43.4 Å². The lowest BCUT2D eigenvalue weighted by Gasteiger charge is -2.15. The molecular formula is C14H23NO. The van der Waals surface area contributed by atoms with Crippen molar-refractivity contribution in [2.75, 3.05) is 13.2 Å². The van der Waals surface area contributed by atoms with Crippen molar-refractivity contribution in [1.29, 1.82) is 0 Å². The fourth-order valence-corrected chi connectivity index (χ4v) is 1.82. The molecule has 2 heteroatoms. The van der Waals surface area contributed by atoms with E-state index < -0.39 is 0 Å². The Morgan fingerprint density at radius 1 is 1.12 bits per heavy atom. The van der Waals surface area contributed by atoms with Crippen LogP contribution < -0.4 is 10.1 Å². The summed E-state index contributed by atoms with van der Waals surface area (Å²) in [5.41, 5.74) is 1.37. The molecule has 1 atom stereocenters. The Morgan fingerprint density at radius 3 is 2.31 bits per heavy atom. The van der Waals surface area contributed by atoms with Crippen LogP contribution in [0.3, 0.4) is 0 Å². The van der Waals surface area contributed by atoms with Gasteiger partial charge in [-0.15, -0.1) is 0 Å². The summed E-state index contributed by atoms with van der Waals surface area (Å²) >= 11 is 0. The van der Waals surface area contributed by atoms with Gasteiger partial charge in [0.05, 0.1) is 6.61 Å². The second-order valence-electron chi connectivity index (χ2n) is 3.94. The molecule has 0 aromatic heterocycles. The third-order valence-corrected chi connectivity index (χ3v) is 2.70. The van der Waals surface area contributed by atoms with Crippen molar-refractivity contribution < 1.29 is 4.74 Å². The highest BCUT2D eigenvalue weighted by Gasteiger charge is 2.05. The third kappa shape index (κ3) is 4.23. The summed E-state index contributed by atoms with van der Waals surface area (Å²) in [7, 11) is 0. The molecule has 1 N–H and O–H groups in total. The number of hydrogen-bond donors (Lipinski definition) is 1. The molecule has 1 unspecified atom stereocenters. The Labute approximate surface area is 99.0 Å². The molecule has 90 valence electrons. The predicted molar refractivity (Wildman–Crippen MR) is 69.1 cm³/mol. The van der Waals surface area contributed by atoms with Crippen molar-refractivity contribution >= 4 is 0 Å².